The van der Waals surface area contributed by atoms with E-state index in [-0.39, 0.29) is 6.42 Å². The molecule has 2 aromatic heterocycles. The lowest BCUT2D eigenvalue weighted by Crippen LogP contribution is -2.06. The number of rotatable bonds is 5. The van der Waals surface area contributed by atoms with Crippen molar-refractivity contribution in [2.24, 2.45) is 0 Å². The Labute approximate surface area is 96.3 Å². The van der Waals surface area contributed by atoms with Crippen LogP contribution in [-0.2, 0) is 11.3 Å². The Kier molecular flexibility index (Phi) is 3.34. The molecule has 0 aliphatic carbocycles. The number of nitrogens with zero attached hydrogens (tertiary/aromatic N) is 6. The van der Waals surface area contributed by atoms with Crippen LogP contribution in [0, 0.1) is 0 Å². The van der Waals surface area contributed by atoms with E-state index in [1.807, 2.05) is 0 Å². The van der Waals surface area contributed by atoms with Crippen LogP contribution >= 0.6 is 0 Å². The fourth-order valence-electron chi connectivity index (χ4n) is 1.33. The van der Waals surface area contributed by atoms with Gasteiger partial charge in [0, 0.05) is 25.4 Å². The van der Waals surface area contributed by atoms with Crippen LogP contribution in [0.2, 0.25) is 0 Å². The van der Waals surface area contributed by atoms with E-state index in [1.165, 1.54) is 4.68 Å². The largest absolute Gasteiger partial charge is 0.481 e. The molecule has 2 aromatic rings. The smallest absolute Gasteiger partial charge is 0.303 e. The molecule has 0 atom stereocenters. The van der Waals surface area contributed by atoms with Gasteiger partial charge in [-0.15, -0.1) is 5.10 Å². The van der Waals surface area contributed by atoms with Crippen LogP contribution in [0.25, 0.3) is 11.5 Å². The number of aryl methyl sites for hydroxylation is 1. The van der Waals surface area contributed by atoms with Crippen LogP contribution in [0.1, 0.15) is 12.8 Å². The number of hydrogen-bond acceptors (Lipinski definition) is 6. The SMILES string of the molecule is O=C(O)CCCn1nnnc1-c1cnccn1. The number of tetrazole rings is 1. The number of hydrogen-bond donors (Lipinski definition) is 1. The molecule has 88 valence electrons. The molecule has 1 N–H and O–H groups in total. The molecule has 0 aliphatic rings. The van der Waals surface area contributed by atoms with Crippen LogP contribution in [0.3, 0.4) is 0 Å². The maximum atomic E-state index is 10.4. The Balaban J connectivity index is 2.10. The van der Waals surface area contributed by atoms with E-state index in [1.54, 1.807) is 18.6 Å². The summed E-state index contributed by atoms with van der Waals surface area (Å²) < 4.78 is 1.52. The van der Waals surface area contributed by atoms with Crippen LogP contribution in [0.4, 0.5) is 0 Å². The lowest BCUT2D eigenvalue weighted by molar-refractivity contribution is -0.137. The van der Waals surface area contributed by atoms with Crippen molar-refractivity contribution in [1.29, 1.82) is 0 Å². The lowest BCUT2D eigenvalue weighted by atomic mass is 10.3. The monoisotopic (exact) mass is 234 g/mol. The molecule has 0 bridgehead atoms. The topological polar surface area (TPSA) is 107 Å². The molecular formula is C9H10N6O2. The van der Waals surface area contributed by atoms with Gasteiger partial charge in [0.1, 0.15) is 5.69 Å². The second-order valence-electron chi connectivity index (χ2n) is 3.31. The zero-order valence-corrected chi connectivity index (χ0v) is 8.89. The number of aliphatic carboxylic acids is 1. The van der Waals surface area contributed by atoms with E-state index < -0.39 is 5.97 Å². The van der Waals surface area contributed by atoms with E-state index in [0.29, 0.717) is 24.5 Å². The van der Waals surface area contributed by atoms with Gasteiger partial charge in [-0.25, -0.2) is 9.67 Å². The minimum Gasteiger partial charge on any atom is -0.481 e. The molecule has 0 saturated heterocycles. The van der Waals surface area contributed by atoms with Gasteiger partial charge in [-0.3, -0.25) is 9.78 Å². The zero-order valence-electron chi connectivity index (χ0n) is 8.89. The quantitative estimate of drug-likeness (QED) is 0.775. The zero-order chi connectivity index (χ0) is 12.1. The van der Waals surface area contributed by atoms with Crippen LogP contribution in [-0.4, -0.2) is 41.3 Å². The number of carboxylic acids is 1. The van der Waals surface area contributed by atoms with Crippen molar-refractivity contribution >= 4 is 5.97 Å². The molecule has 17 heavy (non-hydrogen) atoms. The standard InChI is InChI=1S/C9H10N6O2/c16-8(17)2-1-5-15-9(12-13-14-15)7-6-10-3-4-11-7/h3-4,6H,1-2,5H2,(H,16,17). The fourth-order valence-corrected chi connectivity index (χ4v) is 1.33. The average Bonchev–Trinajstić information content (AvgIpc) is 2.78. The fraction of sp³-hybridized carbons (Fsp3) is 0.333. The maximum absolute atomic E-state index is 10.4. The minimum absolute atomic E-state index is 0.0831. The molecule has 0 spiro atoms. The third-order valence-corrected chi connectivity index (χ3v) is 2.08. The number of carboxylic acid groups (broad SMARTS) is 1. The summed E-state index contributed by atoms with van der Waals surface area (Å²) in [6.07, 6.45) is 5.21. The van der Waals surface area contributed by atoms with Crippen LogP contribution < -0.4 is 0 Å². The molecule has 8 nitrogen and oxygen atoms in total. The molecule has 2 heterocycles. The van der Waals surface area contributed by atoms with Gasteiger partial charge in [0.05, 0.1) is 6.20 Å². The van der Waals surface area contributed by atoms with E-state index in [2.05, 4.69) is 25.5 Å². The van der Waals surface area contributed by atoms with E-state index >= 15 is 0 Å². The van der Waals surface area contributed by atoms with Gasteiger partial charge in [-0.2, -0.15) is 0 Å². The summed E-state index contributed by atoms with van der Waals surface area (Å²) in [5.74, 6) is -0.345. The highest BCUT2D eigenvalue weighted by Gasteiger charge is 2.10. The highest BCUT2D eigenvalue weighted by molar-refractivity contribution is 5.66. The van der Waals surface area contributed by atoms with Crippen molar-refractivity contribution in [2.75, 3.05) is 0 Å². The Bertz CT molecular complexity index is 497. The third-order valence-electron chi connectivity index (χ3n) is 2.08. The Hall–Kier alpha value is -2.38. The van der Waals surface area contributed by atoms with Crippen molar-refractivity contribution in [3.8, 4) is 11.5 Å². The Morgan fingerprint density at radius 3 is 3.00 bits per heavy atom. The molecule has 0 radical (unpaired) electrons. The van der Waals surface area contributed by atoms with E-state index in [9.17, 15) is 4.79 Å². The minimum atomic E-state index is -0.834. The number of carbonyl (C=O) groups is 1. The summed E-state index contributed by atoms with van der Waals surface area (Å²) in [6, 6.07) is 0. The molecular weight excluding hydrogens is 224 g/mol. The molecule has 0 amide bonds. The van der Waals surface area contributed by atoms with Gasteiger partial charge in [0.25, 0.3) is 0 Å². The summed E-state index contributed by atoms with van der Waals surface area (Å²) >= 11 is 0. The maximum Gasteiger partial charge on any atom is 0.303 e. The van der Waals surface area contributed by atoms with Gasteiger partial charge in [-0.1, -0.05) is 0 Å². The summed E-state index contributed by atoms with van der Waals surface area (Å²) in [6.45, 7) is 0.436. The van der Waals surface area contributed by atoms with Crippen molar-refractivity contribution in [3.63, 3.8) is 0 Å². The first-order chi connectivity index (χ1) is 8.27. The lowest BCUT2D eigenvalue weighted by Gasteiger charge is -2.01. The molecule has 2 rings (SSSR count). The summed E-state index contributed by atoms with van der Waals surface area (Å²) in [4.78, 5) is 18.4. The molecule has 0 aromatic carbocycles. The van der Waals surface area contributed by atoms with Gasteiger partial charge < -0.3 is 5.11 Å². The van der Waals surface area contributed by atoms with Gasteiger partial charge in [-0.05, 0) is 16.8 Å². The first-order valence-electron chi connectivity index (χ1n) is 5.01. The van der Waals surface area contributed by atoms with Crippen LogP contribution in [0.15, 0.2) is 18.6 Å². The molecule has 0 saturated carbocycles. The van der Waals surface area contributed by atoms with Crippen molar-refractivity contribution in [1.82, 2.24) is 30.2 Å². The molecule has 0 aliphatic heterocycles. The predicted molar refractivity (Wildman–Crippen MR) is 55.7 cm³/mol. The van der Waals surface area contributed by atoms with Crippen LogP contribution in [0.5, 0.6) is 0 Å². The molecule has 8 heteroatoms. The van der Waals surface area contributed by atoms with E-state index in [4.69, 9.17) is 5.11 Å². The average molecular weight is 234 g/mol. The Morgan fingerprint density at radius 2 is 2.29 bits per heavy atom. The highest BCUT2D eigenvalue weighted by atomic mass is 16.4. The summed E-state index contributed by atoms with van der Waals surface area (Å²) in [7, 11) is 0. The van der Waals surface area contributed by atoms with Gasteiger partial charge in [0.2, 0.25) is 5.82 Å². The number of aromatic nitrogens is 6. The first-order valence-corrected chi connectivity index (χ1v) is 5.01. The van der Waals surface area contributed by atoms with Gasteiger partial charge >= 0.3 is 5.97 Å². The van der Waals surface area contributed by atoms with Crippen molar-refractivity contribution < 1.29 is 9.90 Å². The first kappa shape index (κ1) is 11.1. The third kappa shape index (κ3) is 2.80. The second-order valence-corrected chi connectivity index (χ2v) is 3.31. The normalized spacial score (nSPS) is 10.4. The predicted octanol–water partition coefficient (Wildman–Crippen LogP) is -0.00510. The Morgan fingerprint density at radius 1 is 1.41 bits per heavy atom. The van der Waals surface area contributed by atoms with Crippen molar-refractivity contribution in [2.45, 2.75) is 19.4 Å². The van der Waals surface area contributed by atoms with Crippen molar-refractivity contribution in [3.05, 3.63) is 18.6 Å². The van der Waals surface area contributed by atoms with Gasteiger partial charge in [0.15, 0.2) is 0 Å². The second kappa shape index (κ2) is 5.10. The molecule has 0 fully saturated rings. The van der Waals surface area contributed by atoms with E-state index in [0.717, 1.165) is 0 Å². The summed E-state index contributed by atoms with van der Waals surface area (Å²) in [5, 5.41) is 19.7. The molecule has 0 unspecified atom stereocenters. The summed E-state index contributed by atoms with van der Waals surface area (Å²) in [5.41, 5.74) is 0.563. The highest BCUT2D eigenvalue weighted by Crippen LogP contribution is 2.10.